The molecule has 2 aromatic carbocycles. The Balaban J connectivity index is 1.98. The molecule has 0 radical (unpaired) electrons. The molecule has 2 aromatic rings. The van der Waals surface area contributed by atoms with Gasteiger partial charge in [-0.2, -0.15) is 0 Å². The summed E-state index contributed by atoms with van der Waals surface area (Å²) >= 11 is 7.47. The highest BCUT2D eigenvalue weighted by Gasteiger charge is 2.33. The molecule has 1 unspecified atom stereocenters. The van der Waals surface area contributed by atoms with Gasteiger partial charge in [-0.1, -0.05) is 65.8 Å². The number of carbonyl (C=O) groups is 1. The van der Waals surface area contributed by atoms with E-state index < -0.39 is 0 Å². The van der Waals surface area contributed by atoms with Crippen molar-refractivity contribution in [2.75, 3.05) is 6.54 Å². The average Bonchev–Trinajstić information content (AvgIpc) is 2.62. The van der Waals surface area contributed by atoms with E-state index in [9.17, 15) is 9.90 Å². The Morgan fingerprint density at radius 3 is 2.52 bits per heavy atom. The summed E-state index contributed by atoms with van der Waals surface area (Å²) < 4.78 is 0. The average molecular weight is 372 g/mol. The SMILES string of the molecule is CCN=C1SC(c2ccc(Cl)cc2)CC(=O)C1=C(O)c1ccccc1. The third-order valence-corrected chi connectivity index (χ3v) is 5.48. The van der Waals surface area contributed by atoms with E-state index in [4.69, 9.17) is 11.6 Å². The van der Waals surface area contributed by atoms with Crippen molar-refractivity contribution in [3.63, 3.8) is 0 Å². The topological polar surface area (TPSA) is 49.7 Å². The van der Waals surface area contributed by atoms with Crippen molar-refractivity contribution in [2.45, 2.75) is 18.6 Å². The molecule has 0 saturated carbocycles. The largest absolute Gasteiger partial charge is 0.506 e. The number of nitrogens with zero attached hydrogens (tertiary/aromatic N) is 1. The monoisotopic (exact) mass is 371 g/mol. The summed E-state index contributed by atoms with van der Waals surface area (Å²) in [5.41, 5.74) is 1.98. The van der Waals surface area contributed by atoms with Crippen LogP contribution in [0, 0.1) is 0 Å². The Bertz CT molecular complexity index is 829. The van der Waals surface area contributed by atoms with E-state index in [1.54, 1.807) is 12.1 Å². The molecule has 0 aromatic heterocycles. The van der Waals surface area contributed by atoms with Gasteiger partial charge in [-0.15, -0.1) is 0 Å². The summed E-state index contributed by atoms with van der Waals surface area (Å²) in [6, 6.07) is 16.6. The summed E-state index contributed by atoms with van der Waals surface area (Å²) in [5, 5.41) is 11.9. The normalized spacial score (nSPS) is 21.4. The number of aliphatic imine (C=N–C) groups is 1. The van der Waals surface area contributed by atoms with E-state index in [1.165, 1.54) is 11.8 Å². The van der Waals surface area contributed by atoms with Crippen LogP contribution < -0.4 is 0 Å². The van der Waals surface area contributed by atoms with E-state index in [1.807, 2.05) is 49.4 Å². The van der Waals surface area contributed by atoms with Crippen molar-refractivity contribution < 1.29 is 9.90 Å². The lowest BCUT2D eigenvalue weighted by Crippen LogP contribution is -2.22. The van der Waals surface area contributed by atoms with Gasteiger partial charge in [-0.25, -0.2) is 0 Å². The van der Waals surface area contributed by atoms with E-state index in [0.29, 0.717) is 34.2 Å². The molecular weight excluding hydrogens is 354 g/mol. The molecule has 1 saturated heterocycles. The number of Topliss-reactive ketones (excluding diaryl/α,β-unsaturated/α-hetero) is 1. The van der Waals surface area contributed by atoms with Crippen LogP contribution in [0.15, 0.2) is 65.2 Å². The number of aliphatic hydroxyl groups is 1. The zero-order valence-corrected chi connectivity index (χ0v) is 15.3. The highest BCUT2D eigenvalue weighted by Crippen LogP contribution is 2.42. The maximum atomic E-state index is 12.8. The fourth-order valence-corrected chi connectivity index (χ4v) is 4.18. The number of aliphatic hydroxyl groups excluding tert-OH is 1. The second-order valence-corrected chi connectivity index (χ2v) is 7.28. The summed E-state index contributed by atoms with van der Waals surface area (Å²) in [5.74, 6) is -0.0906. The molecular formula is C20H18ClNO2S. The molecule has 1 atom stereocenters. The van der Waals surface area contributed by atoms with E-state index in [-0.39, 0.29) is 16.8 Å². The zero-order valence-electron chi connectivity index (χ0n) is 13.8. The molecule has 0 aliphatic carbocycles. The molecule has 1 fully saturated rings. The van der Waals surface area contributed by atoms with E-state index in [2.05, 4.69) is 4.99 Å². The quantitative estimate of drug-likeness (QED) is 0.574. The minimum Gasteiger partial charge on any atom is -0.506 e. The molecule has 0 spiro atoms. The van der Waals surface area contributed by atoms with Gasteiger partial charge in [-0.3, -0.25) is 9.79 Å². The first-order chi connectivity index (χ1) is 12.1. The maximum Gasteiger partial charge on any atom is 0.170 e. The fraction of sp³-hybridized carbons (Fsp3) is 0.200. The molecule has 3 nitrogen and oxygen atoms in total. The van der Waals surface area contributed by atoms with Crippen LogP contribution in [0.4, 0.5) is 0 Å². The second-order valence-electron chi connectivity index (χ2n) is 5.65. The lowest BCUT2D eigenvalue weighted by Gasteiger charge is -2.25. The predicted octanol–water partition coefficient (Wildman–Crippen LogP) is 5.47. The molecule has 3 rings (SSSR count). The van der Waals surface area contributed by atoms with Gasteiger partial charge in [0.1, 0.15) is 10.8 Å². The minimum absolute atomic E-state index is 0.000133. The Kier molecular flexibility index (Phi) is 5.61. The molecule has 0 bridgehead atoms. The predicted molar refractivity (Wildman–Crippen MR) is 105 cm³/mol. The first-order valence-electron chi connectivity index (χ1n) is 8.09. The first kappa shape index (κ1) is 17.8. The highest BCUT2D eigenvalue weighted by atomic mass is 35.5. The summed E-state index contributed by atoms with van der Waals surface area (Å²) in [6.07, 6.45) is 0.321. The van der Waals surface area contributed by atoms with Crippen LogP contribution >= 0.6 is 23.4 Å². The summed E-state index contributed by atoms with van der Waals surface area (Å²) in [7, 11) is 0. The van der Waals surface area contributed by atoms with Crippen molar-refractivity contribution >= 4 is 39.9 Å². The summed E-state index contributed by atoms with van der Waals surface area (Å²) in [4.78, 5) is 17.3. The Morgan fingerprint density at radius 2 is 1.88 bits per heavy atom. The number of hydrogen-bond donors (Lipinski definition) is 1. The molecule has 5 heteroatoms. The van der Waals surface area contributed by atoms with Crippen molar-refractivity contribution in [3.05, 3.63) is 76.3 Å². The second kappa shape index (κ2) is 7.89. The van der Waals surface area contributed by atoms with Gasteiger partial charge in [-0.05, 0) is 24.6 Å². The number of rotatable bonds is 3. The van der Waals surface area contributed by atoms with Crippen LogP contribution in [0.2, 0.25) is 5.02 Å². The molecule has 25 heavy (non-hydrogen) atoms. The van der Waals surface area contributed by atoms with Gasteiger partial charge in [0.2, 0.25) is 0 Å². The van der Waals surface area contributed by atoms with Gasteiger partial charge >= 0.3 is 0 Å². The smallest absolute Gasteiger partial charge is 0.170 e. The molecule has 1 N–H and O–H groups in total. The van der Waals surface area contributed by atoms with Gasteiger partial charge in [0, 0.05) is 28.8 Å². The van der Waals surface area contributed by atoms with Crippen LogP contribution in [-0.4, -0.2) is 22.5 Å². The standard InChI is InChI=1S/C20H18ClNO2S/c1-2-22-20-18(19(24)14-6-4-3-5-7-14)16(23)12-17(25-20)13-8-10-15(21)11-9-13/h3-11,17,24H,2,12H2,1H3. The van der Waals surface area contributed by atoms with Crippen molar-refractivity contribution in [1.82, 2.24) is 0 Å². The third kappa shape index (κ3) is 3.97. The Labute approximate surface area is 156 Å². The number of ketones is 1. The van der Waals surface area contributed by atoms with Gasteiger partial charge in [0.15, 0.2) is 5.78 Å². The molecule has 1 aliphatic rings. The lowest BCUT2D eigenvalue weighted by molar-refractivity contribution is -0.115. The van der Waals surface area contributed by atoms with Crippen LogP contribution in [-0.2, 0) is 4.79 Å². The van der Waals surface area contributed by atoms with Crippen LogP contribution in [0.5, 0.6) is 0 Å². The van der Waals surface area contributed by atoms with Crippen LogP contribution in [0.1, 0.15) is 29.7 Å². The fourth-order valence-electron chi connectivity index (χ4n) is 2.72. The third-order valence-electron chi connectivity index (χ3n) is 3.94. The first-order valence-corrected chi connectivity index (χ1v) is 9.34. The summed E-state index contributed by atoms with van der Waals surface area (Å²) in [6.45, 7) is 2.47. The van der Waals surface area contributed by atoms with Crippen molar-refractivity contribution in [3.8, 4) is 0 Å². The highest BCUT2D eigenvalue weighted by molar-refractivity contribution is 8.14. The van der Waals surface area contributed by atoms with Gasteiger partial charge in [0.05, 0.1) is 5.57 Å². The minimum atomic E-state index is -0.0905. The Morgan fingerprint density at radius 1 is 1.20 bits per heavy atom. The van der Waals surface area contributed by atoms with E-state index >= 15 is 0 Å². The molecule has 1 aliphatic heterocycles. The molecule has 0 amide bonds. The van der Waals surface area contributed by atoms with Crippen molar-refractivity contribution in [1.29, 1.82) is 0 Å². The lowest BCUT2D eigenvalue weighted by atomic mass is 9.99. The van der Waals surface area contributed by atoms with Crippen molar-refractivity contribution in [2.24, 2.45) is 4.99 Å². The Hall–Kier alpha value is -2.04. The number of hydrogen-bond acceptors (Lipinski definition) is 4. The number of benzene rings is 2. The van der Waals surface area contributed by atoms with Crippen LogP contribution in [0.25, 0.3) is 5.76 Å². The number of carbonyl (C=O) groups excluding carboxylic acids is 1. The zero-order chi connectivity index (χ0) is 17.8. The number of halogens is 1. The molecule has 1 heterocycles. The van der Waals surface area contributed by atoms with Gasteiger partial charge < -0.3 is 5.11 Å². The maximum absolute atomic E-state index is 12.8. The van der Waals surface area contributed by atoms with Crippen LogP contribution in [0.3, 0.4) is 0 Å². The molecule has 128 valence electrons. The van der Waals surface area contributed by atoms with Gasteiger partial charge in [0.25, 0.3) is 0 Å². The van der Waals surface area contributed by atoms with E-state index in [0.717, 1.165) is 5.56 Å². The number of thioether (sulfide) groups is 1.